The van der Waals surface area contributed by atoms with Crippen LogP contribution >= 0.6 is 38.9 Å². The van der Waals surface area contributed by atoms with Gasteiger partial charge in [0.2, 0.25) is 0 Å². The van der Waals surface area contributed by atoms with E-state index >= 15 is 0 Å². The SMILES string of the molecule is O=C(COc1cccc(Br)c1)NN=Cc1ccccc1OC(=O)c1sc2ccccc2c1Cl. The number of hydrogen-bond donors (Lipinski definition) is 1. The summed E-state index contributed by atoms with van der Waals surface area (Å²) < 4.78 is 12.7. The maximum absolute atomic E-state index is 12.8. The van der Waals surface area contributed by atoms with Crippen molar-refractivity contribution in [1.82, 2.24) is 5.43 Å². The number of benzene rings is 3. The molecular formula is C24H16BrClN2O4S. The van der Waals surface area contributed by atoms with Crippen LogP contribution in [-0.4, -0.2) is 24.7 Å². The molecule has 4 aromatic rings. The number of thiophene rings is 1. The highest BCUT2D eigenvalue weighted by Crippen LogP contribution is 2.36. The summed E-state index contributed by atoms with van der Waals surface area (Å²) in [5, 5.41) is 5.11. The van der Waals surface area contributed by atoms with Gasteiger partial charge in [-0.05, 0) is 36.4 Å². The zero-order chi connectivity index (χ0) is 23.2. The Kier molecular flexibility index (Phi) is 7.39. The molecule has 1 N–H and O–H groups in total. The molecule has 0 atom stereocenters. The number of carbonyl (C=O) groups is 2. The Hall–Kier alpha value is -3.20. The minimum absolute atomic E-state index is 0.200. The molecule has 0 aliphatic rings. The van der Waals surface area contributed by atoms with Gasteiger partial charge in [0.1, 0.15) is 16.4 Å². The summed E-state index contributed by atoms with van der Waals surface area (Å²) in [6, 6.07) is 21.5. The molecule has 0 fully saturated rings. The Labute approximate surface area is 206 Å². The van der Waals surface area contributed by atoms with Gasteiger partial charge in [0.15, 0.2) is 6.61 Å². The van der Waals surface area contributed by atoms with Crippen molar-refractivity contribution in [3.05, 3.63) is 92.7 Å². The smallest absolute Gasteiger partial charge is 0.355 e. The first-order chi connectivity index (χ1) is 16.0. The van der Waals surface area contributed by atoms with Gasteiger partial charge in [-0.2, -0.15) is 5.10 Å². The van der Waals surface area contributed by atoms with E-state index in [1.807, 2.05) is 30.3 Å². The second-order valence-electron chi connectivity index (χ2n) is 6.71. The van der Waals surface area contributed by atoms with Crippen molar-refractivity contribution in [2.45, 2.75) is 0 Å². The third-order valence-electron chi connectivity index (χ3n) is 4.40. The molecule has 0 saturated carbocycles. The van der Waals surface area contributed by atoms with E-state index in [2.05, 4.69) is 26.5 Å². The second-order valence-corrected chi connectivity index (χ2v) is 9.05. The number of rotatable bonds is 7. The van der Waals surface area contributed by atoms with E-state index in [0.29, 0.717) is 27.0 Å². The Morgan fingerprint density at radius 3 is 2.67 bits per heavy atom. The average molecular weight is 544 g/mol. The van der Waals surface area contributed by atoms with E-state index in [9.17, 15) is 9.59 Å². The van der Waals surface area contributed by atoms with Crippen LogP contribution in [0.15, 0.2) is 82.4 Å². The number of carbonyl (C=O) groups excluding carboxylic acids is 2. The highest BCUT2D eigenvalue weighted by Gasteiger charge is 2.19. The fourth-order valence-corrected chi connectivity index (χ4v) is 4.65. The summed E-state index contributed by atoms with van der Waals surface area (Å²) in [5.74, 6) is -0.147. The van der Waals surface area contributed by atoms with Gasteiger partial charge >= 0.3 is 5.97 Å². The summed E-state index contributed by atoms with van der Waals surface area (Å²) >= 11 is 11.0. The zero-order valence-electron chi connectivity index (χ0n) is 17.0. The zero-order valence-corrected chi connectivity index (χ0v) is 20.1. The summed E-state index contributed by atoms with van der Waals surface area (Å²) in [7, 11) is 0. The molecule has 6 nitrogen and oxygen atoms in total. The topological polar surface area (TPSA) is 77.0 Å². The summed E-state index contributed by atoms with van der Waals surface area (Å²) in [4.78, 5) is 25.1. The van der Waals surface area contributed by atoms with Crippen molar-refractivity contribution in [1.29, 1.82) is 0 Å². The van der Waals surface area contributed by atoms with Crippen LogP contribution < -0.4 is 14.9 Å². The maximum atomic E-state index is 12.8. The van der Waals surface area contributed by atoms with Crippen LogP contribution in [0.25, 0.3) is 10.1 Å². The van der Waals surface area contributed by atoms with Crippen molar-refractivity contribution in [2.75, 3.05) is 6.61 Å². The first-order valence-electron chi connectivity index (χ1n) is 9.70. The molecule has 0 bridgehead atoms. The average Bonchev–Trinajstić information content (AvgIpc) is 3.16. The normalized spacial score (nSPS) is 11.0. The van der Waals surface area contributed by atoms with Crippen LogP contribution in [0.3, 0.4) is 0 Å². The van der Waals surface area contributed by atoms with E-state index in [-0.39, 0.29) is 6.61 Å². The second kappa shape index (κ2) is 10.6. The van der Waals surface area contributed by atoms with Gasteiger partial charge in [0, 0.05) is 20.1 Å². The molecule has 0 saturated heterocycles. The number of nitrogens with one attached hydrogen (secondary N) is 1. The summed E-state index contributed by atoms with van der Waals surface area (Å²) in [6.07, 6.45) is 1.39. The van der Waals surface area contributed by atoms with Crippen LogP contribution in [0.4, 0.5) is 0 Å². The van der Waals surface area contributed by atoms with Crippen molar-refractivity contribution in [2.24, 2.45) is 5.10 Å². The molecule has 1 aromatic heterocycles. The molecule has 0 unspecified atom stereocenters. The molecule has 0 spiro atoms. The molecule has 33 heavy (non-hydrogen) atoms. The first-order valence-corrected chi connectivity index (χ1v) is 11.7. The predicted molar refractivity (Wildman–Crippen MR) is 134 cm³/mol. The van der Waals surface area contributed by atoms with Crippen LogP contribution in [0, 0.1) is 0 Å². The lowest BCUT2D eigenvalue weighted by molar-refractivity contribution is -0.123. The predicted octanol–water partition coefficient (Wildman–Crippen LogP) is 6.07. The Bertz CT molecular complexity index is 1360. The van der Waals surface area contributed by atoms with Gasteiger partial charge in [0.25, 0.3) is 5.91 Å². The van der Waals surface area contributed by atoms with Gasteiger partial charge < -0.3 is 9.47 Å². The molecule has 166 valence electrons. The number of hydrazone groups is 1. The standard InChI is InChI=1S/C24H16BrClN2O4S/c25-16-7-5-8-17(12-16)31-14-21(29)28-27-13-15-6-1-3-10-19(15)32-24(30)23-22(26)18-9-2-4-11-20(18)33-23/h1-13H,14H2,(H,28,29). The quantitative estimate of drug-likeness (QED) is 0.133. The van der Waals surface area contributed by atoms with E-state index in [4.69, 9.17) is 21.1 Å². The first kappa shape index (κ1) is 23.0. The van der Waals surface area contributed by atoms with Crippen LogP contribution in [0.5, 0.6) is 11.5 Å². The number of ether oxygens (including phenoxy) is 2. The minimum Gasteiger partial charge on any atom is -0.484 e. The van der Waals surface area contributed by atoms with Crippen molar-refractivity contribution in [3.63, 3.8) is 0 Å². The van der Waals surface area contributed by atoms with Crippen LogP contribution in [0.1, 0.15) is 15.2 Å². The van der Waals surface area contributed by atoms with Crippen molar-refractivity contribution >= 4 is 67.0 Å². The number of esters is 1. The van der Waals surface area contributed by atoms with Crippen LogP contribution in [-0.2, 0) is 4.79 Å². The molecule has 3 aromatic carbocycles. The number of hydrogen-bond acceptors (Lipinski definition) is 6. The molecule has 0 radical (unpaired) electrons. The largest absolute Gasteiger partial charge is 0.484 e. The minimum atomic E-state index is -0.562. The highest BCUT2D eigenvalue weighted by molar-refractivity contribution is 9.10. The number of fused-ring (bicyclic) bond motifs is 1. The van der Waals surface area contributed by atoms with Gasteiger partial charge in [-0.3, -0.25) is 4.79 Å². The maximum Gasteiger partial charge on any atom is 0.355 e. The van der Waals surface area contributed by atoms with E-state index in [1.165, 1.54) is 17.6 Å². The third-order valence-corrected chi connectivity index (χ3v) is 6.55. The molecule has 1 amide bonds. The number of para-hydroxylation sites is 1. The van der Waals surface area contributed by atoms with E-state index in [1.54, 1.807) is 42.5 Å². The fourth-order valence-electron chi connectivity index (χ4n) is 2.88. The van der Waals surface area contributed by atoms with E-state index < -0.39 is 11.9 Å². The van der Waals surface area contributed by atoms with Crippen molar-refractivity contribution < 1.29 is 19.1 Å². The molecule has 0 aliphatic heterocycles. The highest BCUT2D eigenvalue weighted by atomic mass is 79.9. The third kappa shape index (κ3) is 5.78. The van der Waals surface area contributed by atoms with Gasteiger partial charge in [-0.25, -0.2) is 10.2 Å². The lowest BCUT2D eigenvalue weighted by atomic mass is 10.2. The molecule has 0 aliphatic carbocycles. The lowest BCUT2D eigenvalue weighted by Gasteiger charge is -2.07. The number of halogens is 2. The monoisotopic (exact) mass is 542 g/mol. The van der Waals surface area contributed by atoms with Crippen LogP contribution in [0.2, 0.25) is 5.02 Å². The fraction of sp³-hybridized carbons (Fsp3) is 0.0417. The Morgan fingerprint density at radius 2 is 1.85 bits per heavy atom. The Morgan fingerprint density at radius 1 is 1.06 bits per heavy atom. The molecular weight excluding hydrogens is 528 g/mol. The Balaban J connectivity index is 1.39. The summed E-state index contributed by atoms with van der Waals surface area (Å²) in [5.41, 5.74) is 2.90. The summed E-state index contributed by atoms with van der Waals surface area (Å²) in [6.45, 7) is -0.200. The molecule has 1 heterocycles. The van der Waals surface area contributed by atoms with Gasteiger partial charge in [0.05, 0.1) is 11.2 Å². The number of nitrogens with zero attached hydrogens (tertiary/aromatic N) is 1. The number of amides is 1. The van der Waals surface area contributed by atoms with Gasteiger partial charge in [-0.1, -0.05) is 63.9 Å². The van der Waals surface area contributed by atoms with Crippen molar-refractivity contribution in [3.8, 4) is 11.5 Å². The van der Waals surface area contributed by atoms with E-state index in [0.717, 1.165) is 14.6 Å². The van der Waals surface area contributed by atoms with Gasteiger partial charge in [-0.15, -0.1) is 11.3 Å². The molecule has 4 rings (SSSR count). The molecule has 9 heteroatoms. The lowest BCUT2D eigenvalue weighted by Crippen LogP contribution is -2.24.